The summed E-state index contributed by atoms with van der Waals surface area (Å²) in [7, 11) is 1.66. The van der Waals surface area contributed by atoms with Crippen molar-refractivity contribution in [2.75, 3.05) is 20.3 Å². The van der Waals surface area contributed by atoms with E-state index in [4.69, 9.17) is 15.2 Å². The van der Waals surface area contributed by atoms with E-state index in [1.165, 1.54) is 5.56 Å². The molecule has 3 N–H and O–H groups in total. The highest BCUT2D eigenvalue weighted by molar-refractivity contribution is 5.78. The fourth-order valence-electron chi connectivity index (χ4n) is 1.90. The van der Waals surface area contributed by atoms with Crippen molar-refractivity contribution in [3.63, 3.8) is 0 Å². The van der Waals surface area contributed by atoms with Crippen molar-refractivity contribution in [3.8, 4) is 5.75 Å². The maximum atomic E-state index is 5.88. The van der Waals surface area contributed by atoms with E-state index in [-0.39, 0.29) is 6.04 Å². The molecule has 1 unspecified atom stereocenters. The summed E-state index contributed by atoms with van der Waals surface area (Å²) >= 11 is 0. The third kappa shape index (κ3) is 6.49. The quantitative estimate of drug-likeness (QED) is 0.569. The zero-order chi connectivity index (χ0) is 15.7. The van der Waals surface area contributed by atoms with Gasteiger partial charge in [-0.2, -0.15) is 0 Å². The van der Waals surface area contributed by atoms with Gasteiger partial charge in [0.1, 0.15) is 5.75 Å². The molecule has 0 aromatic heterocycles. The van der Waals surface area contributed by atoms with Crippen molar-refractivity contribution in [3.05, 3.63) is 29.3 Å². The molecule has 1 aromatic carbocycles. The molecule has 0 saturated carbocycles. The fraction of sp³-hybridized carbons (Fsp3) is 0.562. The van der Waals surface area contributed by atoms with Gasteiger partial charge in [0.2, 0.25) is 0 Å². The van der Waals surface area contributed by atoms with E-state index in [1.807, 2.05) is 26.0 Å². The van der Waals surface area contributed by atoms with Gasteiger partial charge in [-0.1, -0.05) is 19.1 Å². The number of nitrogens with one attached hydrogen (secondary N) is 1. The van der Waals surface area contributed by atoms with E-state index in [9.17, 15) is 0 Å². The number of methoxy groups -OCH3 is 1. The second kappa shape index (κ2) is 9.23. The minimum absolute atomic E-state index is 0.132. The van der Waals surface area contributed by atoms with Gasteiger partial charge in [-0.05, 0) is 31.9 Å². The van der Waals surface area contributed by atoms with Crippen LogP contribution in [0.25, 0.3) is 0 Å². The van der Waals surface area contributed by atoms with Crippen molar-refractivity contribution in [2.24, 2.45) is 10.7 Å². The lowest BCUT2D eigenvalue weighted by Crippen LogP contribution is -2.40. The molecule has 1 aromatic rings. The largest absolute Gasteiger partial charge is 0.493 e. The molecule has 118 valence electrons. The number of hydrogen-bond acceptors (Lipinski definition) is 3. The molecule has 0 radical (unpaired) electrons. The van der Waals surface area contributed by atoms with Gasteiger partial charge in [-0.15, -0.1) is 0 Å². The number of aryl methyl sites for hydroxylation is 1. The van der Waals surface area contributed by atoms with Crippen LogP contribution in [-0.4, -0.2) is 32.3 Å². The summed E-state index contributed by atoms with van der Waals surface area (Å²) in [4.78, 5) is 4.36. The molecule has 0 bridgehead atoms. The third-order valence-electron chi connectivity index (χ3n) is 2.92. The second-order valence-corrected chi connectivity index (χ2v) is 5.16. The lowest BCUT2D eigenvalue weighted by atomic mass is 10.1. The normalized spacial score (nSPS) is 13.0. The minimum Gasteiger partial charge on any atom is -0.493 e. The number of benzene rings is 1. The van der Waals surface area contributed by atoms with E-state index in [2.05, 4.69) is 23.3 Å². The van der Waals surface area contributed by atoms with Gasteiger partial charge in [-0.25, -0.2) is 4.99 Å². The summed E-state index contributed by atoms with van der Waals surface area (Å²) < 4.78 is 10.8. The first-order valence-corrected chi connectivity index (χ1v) is 7.34. The Bertz CT molecular complexity index is 461. The minimum atomic E-state index is 0.132. The van der Waals surface area contributed by atoms with Crippen molar-refractivity contribution >= 4 is 5.96 Å². The van der Waals surface area contributed by atoms with Gasteiger partial charge >= 0.3 is 0 Å². The summed E-state index contributed by atoms with van der Waals surface area (Å²) in [6, 6.07) is 6.27. The number of nitrogens with two attached hydrogens (primary N) is 1. The lowest BCUT2D eigenvalue weighted by Gasteiger charge is -2.14. The van der Waals surface area contributed by atoms with Crippen molar-refractivity contribution in [2.45, 2.75) is 39.8 Å². The molecule has 1 atom stereocenters. The van der Waals surface area contributed by atoms with Crippen LogP contribution in [0.3, 0.4) is 0 Å². The third-order valence-corrected chi connectivity index (χ3v) is 2.92. The zero-order valence-corrected chi connectivity index (χ0v) is 13.5. The fourth-order valence-corrected chi connectivity index (χ4v) is 1.90. The molecule has 0 fully saturated rings. The van der Waals surface area contributed by atoms with Crippen LogP contribution in [0.4, 0.5) is 0 Å². The first-order valence-electron chi connectivity index (χ1n) is 7.34. The number of aliphatic imine (C=N–C) groups is 1. The van der Waals surface area contributed by atoms with Crippen LogP contribution < -0.4 is 15.8 Å². The molecule has 5 heteroatoms. The van der Waals surface area contributed by atoms with Crippen LogP contribution in [0, 0.1) is 6.92 Å². The summed E-state index contributed by atoms with van der Waals surface area (Å²) in [5, 5.41) is 3.09. The molecule has 0 aliphatic rings. The molecule has 0 spiro atoms. The van der Waals surface area contributed by atoms with Gasteiger partial charge in [0.25, 0.3) is 0 Å². The highest BCUT2D eigenvalue weighted by Gasteiger charge is 2.05. The van der Waals surface area contributed by atoms with E-state index in [1.54, 1.807) is 7.11 Å². The summed E-state index contributed by atoms with van der Waals surface area (Å²) in [6.07, 6.45) is 0.981. The average molecular weight is 293 g/mol. The predicted molar refractivity (Wildman–Crippen MR) is 86.8 cm³/mol. The molecule has 0 amide bonds. The second-order valence-electron chi connectivity index (χ2n) is 5.16. The maximum Gasteiger partial charge on any atom is 0.189 e. The van der Waals surface area contributed by atoms with Crippen LogP contribution in [-0.2, 0) is 11.3 Å². The molecule has 0 saturated heterocycles. The van der Waals surface area contributed by atoms with E-state index in [0.29, 0.717) is 25.7 Å². The van der Waals surface area contributed by atoms with Crippen molar-refractivity contribution < 1.29 is 9.47 Å². The van der Waals surface area contributed by atoms with Gasteiger partial charge < -0.3 is 20.5 Å². The van der Waals surface area contributed by atoms with Gasteiger partial charge in [0, 0.05) is 18.7 Å². The first kappa shape index (κ1) is 17.3. The smallest absolute Gasteiger partial charge is 0.189 e. The molecular weight excluding hydrogens is 266 g/mol. The van der Waals surface area contributed by atoms with Crippen LogP contribution in [0.5, 0.6) is 5.75 Å². The van der Waals surface area contributed by atoms with Gasteiger partial charge in [0.15, 0.2) is 5.96 Å². The number of hydrogen-bond donors (Lipinski definition) is 2. The highest BCUT2D eigenvalue weighted by Crippen LogP contribution is 2.21. The Morgan fingerprint density at radius 3 is 2.86 bits per heavy atom. The number of rotatable bonds is 8. The Morgan fingerprint density at radius 2 is 2.19 bits per heavy atom. The molecule has 0 aliphatic heterocycles. The Kier molecular flexibility index (Phi) is 7.61. The predicted octanol–water partition coefficient (Wildman–Crippen LogP) is 2.22. The SMILES string of the molecule is CCCOc1cc(C)ccc1CN=C(N)NC(C)COC. The summed E-state index contributed by atoms with van der Waals surface area (Å²) in [6.45, 7) is 7.93. The van der Waals surface area contributed by atoms with Crippen LogP contribution >= 0.6 is 0 Å². The molecule has 1 rings (SSSR count). The summed E-state index contributed by atoms with van der Waals surface area (Å²) in [5.41, 5.74) is 8.09. The van der Waals surface area contributed by atoms with Gasteiger partial charge in [0.05, 0.1) is 19.8 Å². The Morgan fingerprint density at radius 1 is 1.43 bits per heavy atom. The molecule has 5 nitrogen and oxygen atoms in total. The van der Waals surface area contributed by atoms with Crippen LogP contribution in [0.2, 0.25) is 0 Å². The standard InChI is InChI=1S/C16H27N3O2/c1-5-8-21-15-9-12(2)6-7-14(15)10-18-16(17)19-13(3)11-20-4/h6-7,9,13H,5,8,10-11H2,1-4H3,(H3,17,18,19). The van der Waals surface area contributed by atoms with E-state index in [0.717, 1.165) is 17.7 Å². The highest BCUT2D eigenvalue weighted by atomic mass is 16.5. The Labute approximate surface area is 127 Å². The molecule has 0 aliphatic carbocycles. The maximum absolute atomic E-state index is 5.88. The van der Waals surface area contributed by atoms with E-state index >= 15 is 0 Å². The van der Waals surface area contributed by atoms with Crippen molar-refractivity contribution in [1.82, 2.24) is 5.32 Å². The van der Waals surface area contributed by atoms with E-state index < -0.39 is 0 Å². The number of guanidine groups is 1. The molecular formula is C16H27N3O2. The zero-order valence-electron chi connectivity index (χ0n) is 13.5. The Hall–Kier alpha value is -1.75. The lowest BCUT2D eigenvalue weighted by molar-refractivity contribution is 0.179. The topological polar surface area (TPSA) is 68.9 Å². The summed E-state index contributed by atoms with van der Waals surface area (Å²) in [5.74, 6) is 1.31. The van der Waals surface area contributed by atoms with Crippen LogP contribution in [0.15, 0.2) is 23.2 Å². The van der Waals surface area contributed by atoms with Gasteiger partial charge in [-0.3, -0.25) is 0 Å². The van der Waals surface area contributed by atoms with Crippen molar-refractivity contribution in [1.29, 1.82) is 0 Å². The number of ether oxygens (including phenoxy) is 2. The van der Waals surface area contributed by atoms with Crippen LogP contribution in [0.1, 0.15) is 31.4 Å². The Balaban J connectivity index is 2.68. The first-order chi connectivity index (χ1) is 10.1. The molecule has 21 heavy (non-hydrogen) atoms. The monoisotopic (exact) mass is 293 g/mol. The number of nitrogens with zero attached hydrogens (tertiary/aromatic N) is 1. The molecule has 0 heterocycles. The average Bonchev–Trinajstić information content (AvgIpc) is 2.44.